The van der Waals surface area contributed by atoms with Gasteiger partial charge in [0.2, 0.25) is 5.60 Å². The highest BCUT2D eigenvalue weighted by molar-refractivity contribution is 7.51. The van der Waals surface area contributed by atoms with Crippen molar-refractivity contribution < 1.29 is 38.3 Å². The molecule has 0 spiro atoms. The predicted molar refractivity (Wildman–Crippen MR) is 101 cm³/mol. The number of carboxylic acid groups (broad SMARTS) is 1. The number of carboxylic acids is 1. The summed E-state index contributed by atoms with van der Waals surface area (Å²) < 4.78 is 16.9. The maximum atomic E-state index is 12.7. The molecule has 160 valence electrons. The fourth-order valence-corrected chi connectivity index (χ4v) is 3.93. The molecule has 3 atom stereocenters. The third-order valence-corrected chi connectivity index (χ3v) is 6.27. The molecule has 5 N–H and O–H groups in total. The number of rotatable bonds is 8. The van der Waals surface area contributed by atoms with Crippen molar-refractivity contribution >= 4 is 47.7 Å². The highest BCUT2D eigenvalue weighted by Gasteiger charge is 2.54. The number of nitrogens with two attached hydrogens (primary N) is 1. The van der Waals surface area contributed by atoms with Crippen LogP contribution in [0.4, 0.5) is 5.13 Å². The number of anilines is 1. The number of thiazole rings is 1. The Bertz CT molecular complexity index is 916. The third kappa shape index (κ3) is 4.56. The number of amides is 2. The Morgan fingerprint density at radius 1 is 1.48 bits per heavy atom. The molecule has 1 saturated heterocycles. The van der Waals surface area contributed by atoms with Crippen LogP contribution in [0.5, 0.6) is 0 Å². The van der Waals surface area contributed by atoms with Crippen molar-refractivity contribution in [2.75, 3.05) is 12.8 Å². The number of oxime groups is 1. The smallest absolute Gasteiger partial charge is 0.435 e. The zero-order valence-electron chi connectivity index (χ0n) is 15.9. The summed E-state index contributed by atoms with van der Waals surface area (Å²) in [5, 5.41) is 16.6. The number of aliphatic carboxylic acids is 1. The van der Waals surface area contributed by atoms with E-state index in [2.05, 4.69) is 20.0 Å². The molecule has 2 amide bonds. The van der Waals surface area contributed by atoms with Crippen molar-refractivity contribution in [2.45, 2.75) is 38.5 Å². The summed E-state index contributed by atoms with van der Waals surface area (Å²) in [5.74, 6) is -3.07. The monoisotopic (exact) mass is 449 g/mol. The second-order valence-electron chi connectivity index (χ2n) is 6.47. The summed E-state index contributed by atoms with van der Waals surface area (Å²) in [7, 11) is -3.33. The number of nitrogens with zero attached hydrogens (tertiary/aromatic N) is 3. The second-order valence-corrected chi connectivity index (χ2v) is 9.13. The number of nitrogens with one attached hydrogen (secondary N) is 1. The minimum atomic E-state index is -4.31. The number of β-lactam (4-membered cyclic amide) rings is 1. The van der Waals surface area contributed by atoms with Crippen molar-refractivity contribution in [1.29, 1.82) is 0 Å². The van der Waals surface area contributed by atoms with E-state index in [1.165, 1.54) is 26.2 Å². The topological polar surface area (TPSA) is 194 Å². The lowest BCUT2D eigenvalue weighted by Crippen LogP contribution is -2.68. The highest BCUT2D eigenvalue weighted by atomic mass is 32.1. The van der Waals surface area contributed by atoms with Gasteiger partial charge in [0.05, 0.1) is 6.04 Å². The first-order valence-corrected chi connectivity index (χ1v) is 10.5. The quantitative estimate of drug-likeness (QED) is 0.178. The van der Waals surface area contributed by atoms with Gasteiger partial charge in [-0.1, -0.05) is 5.16 Å². The summed E-state index contributed by atoms with van der Waals surface area (Å²) in [6.07, 6.45) is 0. The molecule has 2 heterocycles. The van der Waals surface area contributed by atoms with Gasteiger partial charge in [0.25, 0.3) is 11.8 Å². The molecule has 1 aromatic rings. The SMILES string of the molecule is COP(=O)(O)N1C(=O)[C@H](NC(=O)C(=NOC(C)(C)C(=O)O)c2csc(N)n2)[C@H]1C. The van der Waals surface area contributed by atoms with E-state index in [0.717, 1.165) is 18.4 Å². The molecular weight excluding hydrogens is 429 g/mol. The van der Waals surface area contributed by atoms with E-state index in [-0.39, 0.29) is 10.8 Å². The number of nitrogen functional groups attached to an aromatic ring is 1. The van der Waals surface area contributed by atoms with Crippen LogP contribution in [-0.4, -0.2) is 67.9 Å². The summed E-state index contributed by atoms with van der Waals surface area (Å²) in [6, 6.07) is -1.98. The van der Waals surface area contributed by atoms with E-state index < -0.39 is 48.9 Å². The van der Waals surface area contributed by atoms with Crippen LogP contribution in [0.3, 0.4) is 0 Å². The Morgan fingerprint density at radius 2 is 2.10 bits per heavy atom. The van der Waals surface area contributed by atoms with Gasteiger partial charge < -0.3 is 25.9 Å². The average molecular weight is 449 g/mol. The first-order valence-electron chi connectivity index (χ1n) is 8.05. The van der Waals surface area contributed by atoms with Crippen LogP contribution in [0, 0.1) is 0 Å². The normalized spacial score (nSPS) is 21.9. The molecular formula is C14H20N5O8PS. The van der Waals surface area contributed by atoms with E-state index in [1.807, 2.05) is 0 Å². The van der Waals surface area contributed by atoms with Gasteiger partial charge in [0.15, 0.2) is 10.8 Å². The van der Waals surface area contributed by atoms with Crippen molar-refractivity contribution in [1.82, 2.24) is 15.0 Å². The van der Waals surface area contributed by atoms with Gasteiger partial charge in [-0.3, -0.25) is 14.1 Å². The minimum absolute atomic E-state index is 0.00666. The first kappa shape index (κ1) is 22.7. The van der Waals surface area contributed by atoms with Crippen LogP contribution >= 0.6 is 19.1 Å². The molecule has 2 rings (SSSR count). The van der Waals surface area contributed by atoms with E-state index in [9.17, 15) is 23.8 Å². The number of aromatic nitrogens is 1. The second kappa shape index (κ2) is 8.06. The molecule has 15 heteroatoms. The maximum absolute atomic E-state index is 12.7. The van der Waals surface area contributed by atoms with E-state index in [1.54, 1.807) is 0 Å². The molecule has 0 radical (unpaired) electrons. The van der Waals surface area contributed by atoms with Crippen LogP contribution in [-0.2, 0) is 28.3 Å². The molecule has 29 heavy (non-hydrogen) atoms. The van der Waals surface area contributed by atoms with Crippen molar-refractivity contribution in [3.8, 4) is 0 Å². The number of carbonyl (C=O) groups is 3. The average Bonchev–Trinajstić information content (AvgIpc) is 3.05. The zero-order valence-corrected chi connectivity index (χ0v) is 17.6. The van der Waals surface area contributed by atoms with Gasteiger partial charge >= 0.3 is 13.7 Å². The maximum Gasteiger partial charge on any atom is 0.435 e. The van der Waals surface area contributed by atoms with Gasteiger partial charge in [0.1, 0.15) is 11.7 Å². The van der Waals surface area contributed by atoms with Crippen LogP contribution in [0.2, 0.25) is 0 Å². The fraction of sp³-hybridized carbons (Fsp3) is 0.500. The van der Waals surface area contributed by atoms with Crippen LogP contribution in [0.25, 0.3) is 0 Å². The van der Waals surface area contributed by atoms with Gasteiger partial charge in [-0.05, 0) is 20.8 Å². The Labute approximate surface area is 169 Å². The minimum Gasteiger partial charge on any atom is -0.478 e. The molecule has 1 unspecified atom stereocenters. The molecule has 1 fully saturated rings. The van der Waals surface area contributed by atoms with Gasteiger partial charge in [-0.25, -0.2) is 19.0 Å². The first-order chi connectivity index (χ1) is 13.3. The summed E-state index contributed by atoms with van der Waals surface area (Å²) in [6.45, 7) is 3.89. The van der Waals surface area contributed by atoms with Crippen LogP contribution in [0.15, 0.2) is 10.5 Å². The number of hydrogen-bond acceptors (Lipinski definition) is 10. The standard InChI is InChI=1S/C14H20N5O8PS/c1-6-8(11(21)19(6)28(24,25)26-4)17-10(20)9(7-5-29-13(15)16-7)18-27-14(2,3)12(22)23/h5-6,8H,1-4H3,(H2,15,16)(H,17,20)(H,22,23)(H,24,25)/t6-,8-/m1/s1. The van der Waals surface area contributed by atoms with Crippen LogP contribution < -0.4 is 11.1 Å². The molecule has 1 aliphatic heterocycles. The summed E-state index contributed by atoms with van der Waals surface area (Å²) >= 11 is 1.01. The zero-order chi connectivity index (χ0) is 22.1. The lowest BCUT2D eigenvalue weighted by Gasteiger charge is -2.45. The van der Waals surface area contributed by atoms with E-state index >= 15 is 0 Å². The lowest BCUT2D eigenvalue weighted by atomic mass is 10.0. The molecule has 1 aromatic heterocycles. The molecule has 0 aromatic carbocycles. The van der Waals surface area contributed by atoms with E-state index in [0.29, 0.717) is 4.67 Å². The highest BCUT2D eigenvalue weighted by Crippen LogP contribution is 2.51. The number of hydrogen-bond donors (Lipinski definition) is 4. The largest absolute Gasteiger partial charge is 0.478 e. The Kier molecular flexibility index (Phi) is 6.33. The number of carbonyl (C=O) groups excluding carboxylic acids is 2. The fourth-order valence-electron chi connectivity index (χ4n) is 2.24. The van der Waals surface area contributed by atoms with Crippen LogP contribution in [0.1, 0.15) is 26.5 Å². The molecule has 0 bridgehead atoms. The molecule has 13 nitrogen and oxygen atoms in total. The van der Waals surface area contributed by atoms with Gasteiger partial charge in [0, 0.05) is 12.5 Å². The Morgan fingerprint density at radius 3 is 2.55 bits per heavy atom. The van der Waals surface area contributed by atoms with E-state index in [4.69, 9.17) is 15.7 Å². The molecule has 1 aliphatic rings. The van der Waals surface area contributed by atoms with Crippen molar-refractivity contribution in [3.05, 3.63) is 11.1 Å². The Hall–Kier alpha value is -2.54. The third-order valence-electron chi connectivity index (χ3n) is 4.02. The van der Waals surface area contributed by atoms with Gasteiger partial charge in [-0.15, -0.1) is 11.3 Å². The molecule has 0 saturated carbocycles. The van der Waals surface area contributed by atoms with Crippen molar-refractivity contribution in [3.63, 3.8) is 0 Å². The molecule has 0 aliphatic carbocycles. The predicted octanol–water partition coefficient (Wildman–Crippen LogP) is -0.228. The Balaban J connectivity index is 2.24. The van der Waals surface area contributed by atoms with Crippen molar-refractivity contribution in [2.24, 2.45) is 5.16 Å². The summed E-state index contributed by atoms with van der Waals surface area (Å²) in [4.78, 5) is 54.6. The van der Waals surface area contributed by atoms with Gasteiger partial charge in [-0.2, -0.15) is 0 Å². The summed E-state index contributed by atoms with van der Waals surface area (Å²) in [5.41, 5.74) is 3.41. The lowest BCUT2D eigenvalue weighted by molar-refractivity contribution is -0.161.